The van der Waals surface area contributed by atoms with E-state index in [2.05, 4.69) is 20.3 Å². The van der Waals surface area contributed by atoms with Crippen LogP contribution >= 0.6 is 34.7 Å². The molecule has 0 aromatic carbocycles. The maximum absolute atomic E-state index is 5.90. The Balaban J connectivity index is 2.05. The topological polar surface area (TPSA) is 50.7 Å². The van der Waals surface area contributed by atoms with Gasteiger partial charge in [-0.25, -0.2) is 15.0 Å². The van der Waals surface area contributed by atoms with E-state index in [0.29, 0.717) is 16.9 Å². The molecule has 2 rings (SSSR count). The molecule has 0 bridgehead atoms. The van der Waals surface area contributed by atoms with Gasteiger partial charge < -0.3 is 5.32 Å². The lowest BCUT2D eigenvalue weighted by molar-refractivity contribution is 0.954. The molecule has 0 unspecified atom stereocenters. The first kappa shape index (κ1) is 12.6. The number of aryl methyl sites for hydroxylation is 1. The van der Waals surface area contributed by atoms with Crippen molar-refractivity contribution in [2.75, 3.05) is 11.6 Å². The lowest BCUT2D eigenvalue weighted by Gasteiger charge is -2.04. The van der Waals surface area contributed by atoms with Crippen LogP contribution in [0.1, 0.15) is 9.88 Å². The van der Waals surface area contributed by atoms with Crippen molar-refractivity contribution in [2.45, 2.75) is 18.6 Å². The van der Waals surface area contributed by atoms with E-state index >= 15 is 0 Å². The molecule has 0 aliphatic carbocycles. The van der Waals surface area contributed by atoms with E-state index in [4.69, 9.17) is 11.6 Å². The second kappa shape index (κ2) is 5.66. The first-order valence-electron chi connectivity index (χ1n) is 4.91. The van der Waals surface area contributed by atoms with Crippen molar-refractivity contribution in [3.8, 4) is 0 Å². The summed E-state index contributed by atoms with van der Waals surface area (Å²) in [6.07, 6.45) is 3.78. The van der Waals surface area contributed by atoms with Crippen LogP contribution in [-0.2, 0) is 6.54 Å². The highest BCUT2D eigenvalue weighted by Gasteiger charge is 2.03. The van der Waals surface area contributed by atoms with Crippen LogP contribution in [0.25, 0.3) is 0 Å². The fraction of sp³-hybridized carbons (Fsp3) is 0.300. The molecule has 0 fully saturated rings. The summed E-state index contributed by atoms with van der Waals surface area (Å²) in [6, 6.07) is 1.71. The molecule has 2 heterocycles. The van der Waals surface area contributed by atoms with Gasteiger partial charge in [0.05, 0.1) is 6.54 Å². The minimum atomic E-state index is 0.446. The second-order valence-corrected chi connectivity index (χ2v) is 5.76. The van der Waals surface area contributed by atoms with Crippen molar-refractivity contribution >= 4 is 40.5 Å². The number of hydrogen-bond donors (Lipinski definition) is 1. The molecule has 7 heteroatoms. The summed E-state index contributed by atoms with van der Waals surface area (Å²) >= 11 is 9.03. The molecule has 0 saturated heterocycles. The summed E-state index contributed by atoms with van der Waals surface area (Å²) < 4.78 is 0. The molecule has 0 spiro atoms. The van der Waals surface area contributed by atoms with Crippen molar-refractivity contribution in [1.82, 2.24) is 15.0 Å². The highest BCUT2D eigenvalue weighted by atomic mass is 35.5. The lowest BCUT2D eigenvalue weighted by atomic mass is 10.5. The Morgan fingerprint density at radius 2 is 2.29 bits per heavy atom. The smallest absolute Gasteiger partial charge is 0.190 e. The number of halogens is 1. The van der Waals surface area contributed by atoms with Gasteiger partial charge in [-0.2, -0.15) is 0 Å². The van der Waals surface area contributed by atoms with Crippen LogP contribution in [-0.4, -0.2) is 21.2 Å². The zero-order valence-corrected chi connectivity index (χ0v) is 11.8. The summed E-state index contributed by atoms with van der Waals surface area (Å²) in [7, 11) is 0. The van der Waals surface area contributed by atoms with Gasteiger partial charge >= 0.3 is 0 Å². The van der Waals surface area contributed by atoms with E-state index in [9.17, 15) is 0 Å². The van der Waals surface area contributed by atoms with E-state index in [1.807, 2.05) is 19.4 Å². The third-order valence-electron chi connectivity index (χ3n) is 1.95. The number of nitrogens with one attached hydrogen (secondary N) is 1. The van der Waals surface area contributed by atoms with Gasteiger partial charge in [0.25, 0.3) is 0 Å². The summed E-state index contributed by atoms with van der Waals surface area (Å²) in [4.78, 5) is 13.9. The van der Waals surface area contributed by atoms with Crippen LogP contribution in [0.4, 0.5) is 5.82 Å². The predicted octanol–water partition coefficient (Wildman–Crippen LogP) is 3.23. The van der Waals surface area contributed by atoms with Crippen LogP contribution in [0.15, 0.2) is 17.4 Å². The van der Waals surface area contributed by atoms with Crippen molar-refractivity contribution in [3.63, 3.8) is 0 Å². The largest absolute Gasteiger partial charge is 0.363 e. The van der Waals surface area contributed by atoms with Crippen molar-refractivity contribution < 1.29 is 0 Å². The van der Waals surface area contributed by atoms with E-state index in [-0.39, 0.29) is 0 Å². The van der Waals surface area contributed by atoms with Gasteiger partial charge in [0.1, 0.15) is 16.0 Å². The van der Waals surface area contributed by atoms with E-state index in [1.165, 1.54) is 16.6 Å². The third-order valence-corrected chi connectivity index (χ3v) is 3.60. The standard InChI is InChI=1S/C10H11ClN4S2/c1-6-4-13-9(17-6)5-12-8-3-7(11)14-10(15-8)16-2/h3-4H,5H2,1-2H3,(H,12,14,15). The fourth-order valence-corrected chi connectivity index (χ4v) is 2.57. The van der Waals surface area contributed by atoms with Gasteiger partial charge in [0, 0.05) is 17.1 Å². The SMILES string of the molecule is CSc1nc(Cl)cc(NCc2ncc(C)s2)n1. The average molecular weight is 287 g/mol. The Kier molecular flexibility index (Phi) is 4.20. The van der Waals surface area contributed by atoms with Gasteiger partial charge in [-0.15, -0.1) is 11.3 Å². The number of hydrogen-bond acceptors (Lipinski definition) is 6. The van der Waals surface area contributed by atoms with Crippen LogP contribution in [0, 0.1) is 6.92 Å². The van der Waals surface area contributed by atoms with E-state index in [1.54, 1.807) is 17.4 Å². The highest BCUT2D eigenvalue weighted by molar-refractivity contribution is 7.98. The van der Waals surface area contributed by atoms with Gasteiger partial charge in [-0.1, -0.05) is 23.4 Å². The molecule has 0 amide bonds. The molecule has 0 radical (unpaired) electrons. The zero-order valence-electron chi connectivity index (χ0n) is 9.40. The minimum absolute atomic E-state index is 0.446. The second-order valence-electron chi connectivity index (χ2n) is 3.28. The normalized spacial score (nSPS) is 10.5. The molecular formula is C10H11ClN4S2. The number of thioether (sulfide) groups is 1. The quantitative estimate of drug-likeness (QED) is 0.531. The Bertz CT molecular complexity index is 515. The van der Waals surface area contributed by atoms with Crippen LogP contribution in [0.3, 0.4) is 0 Å². The molecule has 4 nitrogen and oxygen atoms in total. The Morgan fingerprint density at radius 1 is 1.47 bits per heavy atom. The Morgan fingerprint density at radius 3 is 2.94 bits per heavy atom. The first-order chi connectivity index (χ1) is 8.17. The van der Waals surface area contributed by atoms with Gasteiger partial charge in [-0.05, 0) is 13.2 Å². The molecule has 0 saturated carbocycles. The van der Waals surface area contributed by atoms with Gasteiger partial charge in [0.15, 0.2) is 5.16 Å². The number of anilines is 1. The first-order valence-corrected chi connectivity index (χ1v) is 7.33. The highest BCUT2D eigenvalue weighted by Crippen LogP contribution is 2.18. The maximum Gasteiger partial charge on any atom is 0.190 e. The van der Waals surface area contributed by atoms with Crippen molar-refractivity contribution in [1.29, 1.82) is 0 Å². The summed E-state index contributed by atoms with van der Waals surface area (Å²) in [5.74, 6) is 0.724. The van der Waals surface area contributed by atoms with Crippen molar-refractivity contribution in [2.24, 2.45) is 0 Å². The molecule has 1 N–H and O–H groups in total. The summed E-state index contributed by atoms with van der Waals surface area (Å²) in [6.45, 7) is 2.69. The molecule has 0 atom stereocenters. The average Bonchev–Trinajstić information content (AvgIpc) is 2.72. The third kappa shape index (κ3) is 3.55. The maximum atomic E-state index is 5.90. The number of rotatable bonds is 4. The number of aromatic nitrogens is 3. The number of thiazole rings is 1. The Labute approximate surface area is 113 Å². The molecule has 2 aromatic heterocycles. The monoisotopic (exact) mass is 286 g/mol. The van der Waals surface area contributed by atoms with E-state index in [0.717, 1.165) is 10.8 Å². The Hall–Kier alpha value is -0.850. The summed E-state index contributed by atoms with van der Waals surface area (Å²) in [5.41, 5.74) is 0. The zero-order chi connectivity index (χ0) is 12.3. The lowest BCUT2D eigenvalue weighted by Crippen LogP contribution is -2.02. The molecule has 0 aliphatic heterocycles. The van der Waals surface area contributed by atoms with Gasteiger partial charge in [0.2, 0.25) is 0 Å². The van der Waals surface area contributed by atoms with Crippen molar-refractivity contribution in [3.05, 3.63) is 27.3 Å². The molecule has 90 valence electrons. The fourth-order valence-electron chi connectivity index (χ4n) is 1.23. The van der Waals surface area contributed by atoms with Gasteiger partial charge in [-0.3, -0.25) is 0 Å². The van der Waals surface area contributed by atoms with Crippen LogP contribution < -0.4 is 5.32 Å². The molecular weight excluding hydrogens is 276 g/mol. The van der Waals surface area contributed by atoms with Crippen LogP contribution in [0.2, 0.25) is 5.15 Å². The van der Waals surface area contributed by atoms with Crippen LogP contribution in [0.5, 0.6) is 0 Å². The molecule has 2 aromatic rings. The summed E-state index contributed by atoms with van der Waals surface area (Å²) in [5, 5.41) is 5.33. The molecule has 0 aliphatic rings. The molecule has 17 heavy (non-hydrogen) atoms. The predicted molar refractivity (Wildman–Crippen MR) is 73.0 cm³/mol. The van der Waals surface area contributed by atoms with E-state index < -0.39 is 0 Å². The minimum Gasteiger partial charge on any atom is -0.363 e. The number of nitrogens with zero attached hydrogens (tertiary/aromatic N) is 3.